The van der Waals surface area contributed by atoms with E-state index in [1.54, 1.807) is 12.4 Å². The highest BCUT2D eigenvalue weighted by Crippen LogP contribution is 2.24. The fourth-order valence-corrected chi connectivity index (χ4v) is 2.21. The maximum Gasteiger partial charge on any atom is 0.237 e. The number of aromatic nitrogens is 2. The third kappa shape index (κ3) is 9.25. The van der Waals surface area contributed by atoms with Gasteiger partial charge >= 0.3 is 0 Å². The third-order valence-corrected chi connectivity index (χ3v) is 3.64. The van der Waals surface area contributed by atoms with Gasteiger partial charge < -0.3 is 25.7 Å². The van der Waals surface area contributed by atoms with Crippen molar-refractivity contribution in [1.29, 1.82) is 0 Å². The Bertz CT molecular complexity index is 703. The second-order valence-electron chi connectivity index (χ2n) is 6.33. The topological polar surface area (TPSA) is 110 Å². The summed E-state index contributed by atoms with van der Waals surface area (Å²) >= 11 is 0. The number of benzene rings is 1. The Morgan fingerprint density at radius 1 is 1.25 bits per heavy atom. The second-order valence-corrected chi connectivity index (χ2v) is 6.33. The maximum atomic E-state index is 8.00. The van der Waals surface area contributed by atoms with Crippen molar-refractivity contribution in [1.82, 2.24) is 15.3 Å². The van der Waals surface area contributed by atoms with Gasteiger partial charge in [-0.25, -0.2) is 9.97 Å². The van der Waals surface area contributed by atoms with E-state index in [-0.39, 0.29) is 0 Å². The van der Waals surface area contributed by atoms with Gasteiger partial charge in [-0.2, -0.15) is 0 Å². The number of aliphatic hydroxyl groups is 1. The molecule has 0 unspecified atom stereocenters. The van der Waals surface area contributed by atoms with E-state index in [1.807, 2.05) is 19.8 Å². The summed E-state index contributed by atoms with van der Waals surface area (Å²) in [4.78, 5) is 16.4. The minimum absolute atomic E-state index is 0.388. The van der Waals surface area contributed by atoms with Crippen LogP contribution in [0.15, 0.2) is 37.2 Å². The average Bonchev–Trinajstić information content (AvgIpc) is 2.70. The zero-order chi connectivity index (χ0) is 21.5. The van der Waals surface area contributed by atoms with Crippen molar-refractivity contribution in [3.63, 3.8) is 0 Å². The molecule has 28 heavy (non-hydrogen) atoms. The predicted octanol–water partition coefficient (Wildman–Crippen LogP) is 3.07. The highest BCUT2D eigenvalue weighted by molar-refractivity contribution is 5.55. The van der Waals surface area contributed by atoms with Crippen LogP contribution in [0.3, 0.4) is 0 Å². The van der Waals surface area contributed by atoms with E-state index in [0.29, 0.717) is 17.3 Å². The maximum absolute atomic E-state index is 8.00. The average molecular weight is 389 g/mol. The van der Waals surface area contributed by atoms with Crippen molar-refractivity contribution < 1.29 is 14.6 Å². The summed E-state index contributed by atoms with van der Waals surface area (Å²) in [6, 6.07) is 6.15. The van der Waals surface area contributed by atoms with E-state index in [9.17, 15) is 0 Å². The third-order valence-electron chi connectivity index (χ3n) is 3.64. The molecule has 0 atom stereocenters. The molecule has 0 amide bonds. The Labute approximate surface area is 167 Å². The molecular weight excluding hydrogens is 356 g/mol. The van der Waals surface area contributed by atoms with Gasteiger partial charge in [-0.15, -0.1) is 0 Å². The zero-order valence-electron chi connectivity index (χ0n) is 17.2. The van der Waals surface area contributed by atoms with Crippen LogP contribution in [0.4, 0.5) is 0 Å². The highest BCUT2D eigenvalue weighted by Gasteiger charge is 2.05. The molecule has 7 heteroatoms. The lowest BCUT2D eigenvalue weighted by Gasteiger charge is -2.11. The number of carbonyl (C=O) groups is 1. The zero-order valence-corrected chi connectivity index (χ0v) is 17.2. The first-order valence-corrected chi connectivity index (χ1v) is 8.94. The van der Waals surface area contributed by atoms with Gasteiger partial charge in [0, 0.05) is 13.7 Å². The van der Waals surface area contributed by atoms with E-state index in [0.717, 1.165) is 37.4 Å². The van der Waals surface area contributed by atoms with Gasteiger partial charge in [0.2, 0.25) is 5.88 Å². The molecule has 0 radical (unpaired) electrons. The minimum Gasteiger partial charge on any atom is -0.437 e. The molecule has 2 rings (SSSR count). The van der Waals surface area contributed by atoms with Gasteiger partial charge in [0.25, 0.3) is 0 Å². The molecule has 1 heterocycles. The van der Waals surface area contributed by atoms with Crippen molar-refractivity contribution in [2.45, 2.75) is 33.7 Å². The Morgan fingerprint density at radius 3 is 2.43 bits per heavy atom. The second kappa shape index (κ2) is 14.3. The fourth-order valence-electron chi connectivity index (χ4n) is 2.21. The van der Waals surface area contributed by atoms with Gasteiger partial charge in [0.15, 0.2) is 0 Å². The number of hydrogen-bond acceptors (Lipinski definition) is 7. The van der Waals surface area contributed by atoms with Gasteiger partial charge in [-0.1, -0.05) is 32.6 Å². The summed E-state index contributed by atoms with van der Waals surface area (Å²) < 4.78 is 5.79. The van der Waals surface area contributed by atoms with E-state index in [1.165, 1.54) is 12.0 Å². The Kier molecular flexibility index (Phi) is 12.9. The number of rotatable bonds is 8. The lowest BCUT2D eigenvalue weighted by atomic mass is 10.1. The van der Waals surface area contributed by atoms with Crippen LogP contribution in [0.25, 0.3) is 5.70 Å². The summed E-state index contributed by atoms with van der Waals surface area (Å²) in [6.45, 7) is 14.0. The van der Waals surface area contributed by atoms with Crippen LogP contribution < -0.4 is 15.8 Å². The molecule has 154 valence electrons. The molecule has 0 saturated heterocycles. The Hall–Kier alpha value is -2.77. The number of nitrogens with two attached hydrogens (primary N) is 1. The number of carbonyl (C=O) groups excluding carboxylic acids is 1. The van der Waals surface area contributed by atoms with Gasteiger partial charge in [0.05, 0.1) is 18.1 Å². The van der Waals surface area contributed by atoms with Crippen LogP contribution in [-0.2, 0) is 11.3 Å². The summed E-state index contributed by atoms with van der Waals surface area (Å²) in [5.74, 6) is 1.93. The molecule has 0 spiro atoms. The van der Waals surface area contributed by atoms with Crippen molar-refractivity contribution >= 4 is 12.5 Å². The first kappa shape index (κ1) is 25.2. The molecule has 0 fully saturated rings. The largest absolute Gasteiger partial charge is 0.437 e. The summed E-state index contributed by atoms with van der Waals surface area (Å²) in [7, 11) is 1.00. The number of hydrogen-bond donors (Lipinski definition) is 3. The smallest absolute Gasteiger partial charge is 0.237 e. The molecule has 1 aromatic heterocycles. The summed E-state index contributed by atoms with van der Waals surface area (Å²) in [6.07, 6.45) is 4.29. The van der Waals surface area contributed by atoms with Crippen molar-refractivity contribution in [2.75, 3.05) is 13.7 Å². The number of nitrogens with one attached hydrogen (secondary N) is 1. The van der Waals surface area contributed by atoms with Crippen LogP contribution >= 0.6 is 0 Å². The predicted molar refractivity (Wildman–Crippen MR) is 113 cm³/mol. The molecule has 0 saturated carbocycles. The number of ether oxygens (including phenoxy) is 1. The van der Waals surface area contributed by atoms with Crippen LogP contribution in [0, 0.1) is 12.8 Å². The molecule has 4 N–H and O–H groups in total. The number of aryl methyl sites for hydroxylation is 1. The molecule has 0 aliphatic rings. The lowest BCUT2D eigenvalue weighted by molar-refractivity contribution is -0.0979. The first-order chi connectivity index (χ1) is 13.5. The summed E-state index contributed by atoms with van der Waals surface area (Å²) in [5.41, 5.74) is 8.83. The summed E-state index contributed by atoms with van der Waals surface area (Å²) in [5, 5.41) is 10.5. The Morgan fingerprint density at radius 2 is 1.93 bits per heavy atom. The normalized spacial score (nSPS) is 9.64. The van der Waals surface area contributed by atoms with E-state index in [2.05, 4.69) is 47.8 Å². The SMILES string of the molecule is C=C(N)c1cnc(Oc2ccc(CNCCC(C)C)cc2C)cn1.C=O.CO. The quantitative estimate of drug-likeness (QED) is 0.596. The van der Waals surface area contributed by atoms with Gasteiger partial charge in [0.1, 0.15) is 18.2 Å². The highest BCUT2D eigenvalue weighted by atomic mass is 16.5. The van der Waals surface area contributed by atoms with E-state index < -0.39 is 0 Å². The molecular formula is C21H32N4O3. The van der Waals surface area contributed by atoms with Crippen molar-refractivity contribution in [3.05, 3.63) is 54.0 Å². The Balaban J connectivity index is 0.00000171. The minimum atomic E-state index is 0.388. The molecule has 0 bridgehead atoms. The van der Waals surface area contributed by atoms with E-state index >= 15 is 0 Å². The standard InChI is InChI=1S/C19H26N4O.CH4O.CH2O/c1-13(2)7-8-21-10-16-5-6-18(14(3)9-16)24-19-12-22-17(11-23-19)15(4)20;2*1-2/h5-6,9,11-13,21H,4,7-8,10,20H2,1-3H3;2H,1H3;1H2. The molecule has 1 aromatic carbocycles. The van der Waals surface area contributed by atoms with Gasteiger partial charge in [-0.05, 0) is 43.0 Å². The van der Waals surface area contributed by atoms with Crippen LogP contribution in [0.2, 0.25) is 0 Å². The van der Waals surface area contributed by atoms with Gasteiger partial charge in [-0.3, -0.25) is 0 Å². The molecule has 0 aliphatic heterocycles. The first-order valence-electron chi connectivity index (χ1n) is 8.94. The van der Waals surface area contributed by atoms with Crippen LogP contribution in [0.1, 0.15) is 37.1 Å². The number of nitrogens with zero attached hydrogens (tertiary/aromatic N) is 2. The molecule has 2 aromatic rings. The monoisotopic (exact) mass is 388 g/mol. The van der Waals surface area contributed by atoms with Crippen LogP contribution in [0.5, 0.6) is 11.6 Å². The molecule has 0 aliphatic carbocycles. The van der Waals surface area contributed by atoms with Crippen molar-refractivity contribution in [3.8, 4) is 11.6 Å². The fraction of sp³-hybridized carbons (Fsp3) is 0.381. The lowest BCUT2D eigenvalue weighted by Crippen LogP contribution is -2.16. The van der Waals surface area contributed by atoms with Crippen molar-refractivity contribution in [2.24, 2.45) is 11.7 Å². The number of aliphatic hydroxyl groups excluding tert-OH is 1. The van der Waals surface area contributed by atoms with E-state index in [4.69, 9.17) is 20.4 Å². The molecule has 7 nitrogen and oxygen atoms in total. The van der Waals surface area contributed by atoms with Crippen LogP contribution in [-0.4, -0.2) is 35.5 Å².